The molecule has 0 spiro atoms. The summed E-state index contributed by atoms with van der Waals surface area (Å²) < 4.78 is 16.2. The molecule has 1 heterocycles. The second kappa shape index (κ2) is 8.99. The summed E-state index contributed by atoms with van der Waals surface area (Å²) in [5, 5.41) is 2.94. The van der Waals surface area contributed by atoms with Crippen molar-refractivity contribution in [1.29, 1.82) is 0 Å². The van der Waals surface area contributed by atoms with Crippen LogP contribution in [0.2, 0.25) is 0 Å². The number of amides is 1. The van der Waals surface area contributed by atoms with Gasteiger partial charge in [0.25, 0.3) is 5.91 Å². The summed E-state index contributed by atoms with van der Waals surface area (Å²) in [6, 6.07) is 3.53. The normalized spacial score (nSPS) is 23.7. The third-order valence-electron chi connectivity index (χ3n) is 4.45. The number of anilines is 1. The molecule has 1 fully saturated rings. The van der Waals surface area contributed by atoms with Crippen molar-refractivity contribution in [2.45, 2.75) is 45.1 Å². The van der Waals surface area contributed by atoms with Crippen LogP contribution in [0.15, 0.2) is 18.3 Å². The van der Waals surface area contributed by atoms with Crippen LogP contribution in [0, 0.1) is 5.92 Å². The highest BCUT2D eigenvalue weighted by Crippen LogP contribution is 2.35. The van der Waals surface area contributed by atoms with E-state index in [0.29, 0.717) is 37.3 Å². The number of carbonyl (C=O) groups excluding carboxylic acids is 1. The van der Waals surface area contributed by atoms with Gasteiger partial charge in [0.05, 0.1) is 18.5 Å². The molecule has 1 aliphatic carbocycles. The molecule has 1 aliphatic rings. The van der Waals surface area contributed by atoms with Crippen LogP contribution in [0.3, 0.4) is 0 Å². The molecule has 1 saturated carbocycles. The van der Waals surface area contributed by atoms with Gasteiger partial charge in [-0.05, 0) is 44.6 Å². The van der Waals surface area contributed by atoms with Gasteiger partial charge in [-0.25, -0.2) is 4.98 Å². The largest absolute Gasteiger partial charge is 0.475 e. The standard InChI is InChI=1S/C18H28N2O4/c1-4-24-18(9-7-14(2)8-10-18)17(21)20-15-5-6-16(19-13-15)23-12-11-22-3/h5-6,13-14H,4,7-12H2,1-3H3,(H,20,21). The minimum absolute atomic E-state index is 0.0777. The predicted molar refractivity (Wildman–Crippen MR) is 92.2 cm³/mol. The van der Waals surface area contributed by atoms with Gasteiger partial charge in [0.15, 0.2) is 0 Å². The molecule has 0 saturated heterocycles. The Morgan fingerprint density at radius 1 is 1.33 bits per heavy atom. The monoisotopic (exact) mass is 336 g/mol. The zero-order chi connectivity index (χ0) is 17.4. The van der Waals surface area contributed by atoms with Gasteiger partial charge in [0.1, 0.15) is 12.2 Å². The van der Waals surface area contributed by atoms with E-state index in [1.54, 1.807) is 25.4 Å². The third kappa shape index (κ3) is 4.92. The number of hydrogen-bond donors (Lipinski definition) is 1. The van der Waals surface area contributed by atoms with Gasteiger partial charge >= 0.3 is 0 Å². The molecule has 24 heavy (non-hydrogen) atoms. The Kier molecular flexibility index (Phi) is 6.99. The van der Waals surface area contributed by atoms with Crippen LogP contribution >= 0.6 is 0 Å². The van der Waals surface area contributed by atoms with Crippen molar-refractivity contribution in [2.24, 2.45) is 5.92 Å². The SMILES string of the molecule is CCOC1(C(=O)Nc2ccc(OCCOC)nc2)CCC(C)CC1. The molecule has 6 nitrogen and oxygen atoms in total. The van der Waals surface area contributed by atoms with Crippen molar-refractivity contribution in [1.82, 2.24) is 4.98 Å². The van der Waals surface area contributed by atoms with Crippen LogP contribution in [0.4, 0.5) is 5.69 Å². The quantitative estimate of drug-likeness (QED) is 0.739. The van der Waals surface area contributed by atoms with E-state index in [0.717, 1.165) is 25.7 Å². The summed E-state index contributed by atoms with van der Waals surface area (Å²) in [6.45, 7) is 5.64. The van der Waals surface area contributed by atoms with Crippen molar-refractivity contribution in [3.05, 3.63) is 18.3 Å². The Morgan fingerprint density at radius 3 is 2.67 bits per heavy atom. The highest BCUT2D eigenvalue weighted by molar-refractivity contribution is 5.97. The maximum Gasteiger partial charge on any atom is 0.256 e. The summed E-state index contributed by atoms with van der Waals surface area (Å²) in [6.07, 6.45) is 5.15. The average molecular weight is 336 g/mol. The Labute approximate surface area is 143 Å². The predicted octanol–water partition coefficient (Wildman–Crippen LogP) is 3.03. The van der Waals surface area contributed by atoms with Gasteiger partial charge in [-0.3, -0.25) is 4.79 Å². The summed E-state index contributed by atoms with van der Waals surface area (Å²) in [5.74, 6) is 1.08. The van der Waals surface area contributed by atoms with Crippen molar-refractivity contribution >= 4 is 11.6 Å². The van der Waals surface area contributed by atoms with Crippen molar-refractivity contribution < 1.29 is 19.0 Å². The van der Waals surface area contributed by atoms with E-state index >= 15 is 0 Å². The molecule has 1 aromatic rings. The van der Waals surface area contributed by atoms with Crippen LogP contribution in [-0.4, -0.2) is 43.4 Å². The number of pyridine rings is 1. The van der Waals surface area contributed by atoms with E-state index in [1.807, 2.05) is 6.92 Å². The molecule has 0 bridgehead atoms. The topological polar surface area (TPSA) is 69.7 Å². The molecule has 0 aromatic carbocycles. The summed E-state index contributed by atoms with van der Waals surface area (Å²) in [7, 11) is 1.62. The number of nitrogens with one attached hydrogen (secondary N) is 1. The molecule has 2 rings (SSSR count). The molecular weight excluding hydrogens is 308 g/mol. The first-order valence-electron chi connectivity index (χ1n) is 8.63. The summed E-state index contributed by atoms with van der Waals surface area (Å²) >= 11 is 0. The number of carbonyl (C=O) groups is 1. The second-order valence-corrected chi connectivity index (χ2v) is 6.29. The van der Waals surface area contributed by atoms with Crippen LogP contribution in [0.1, 0.15) is 39.5 Å². The van der Waals surface area contributed by atoms with Crippen molar-refractivity contribution in [3.8, 4) is 5.88 Å². The Morgan fingerprint density at radius 2 is 2.08 bits per heavy atom. The highest BCUT2D eigenvalue weighted by Gasteiger charge is 2.41. The zero-order valence-electron chi connectivity index (χ0n) is 14.8. The second-order valence-electron chi connectivity index (χ2n) is 6.29. The Bertz CT molecular complexity index is 510. The number of methoxy groups -OCH3 is 1. The van der Waals surface area contributed by atoms with Gasteiger partial charge in [-0.1, -0.05) is 6.92 Å². The minimum Gasteiger partial charge on any atom is -0.475 e. The smallest absolute Gasteiger partial charge is 0.256 e. The third-order valence-corrected chi connectivity index (χ3v) is 4.45. The highest BCUT2D eigenvalue weighted by atomic mass is 16.5. The van der Waals surface area contributed by atoms with Crippen LogP contribution < -0.4 is 10.1 Å². The Hall–Kier alpha value is -1.66. The zero-order valence-corrected chi connectivity index (χ0v) is 14.8. The van der Waals surface area contributed by atoms with E-state index in [2.05, 4.69) is 17.2 Å². The van der Waals surface area contributed by atoms with E-state index in [-0.39, 0.29) is 5.91 Å². The molecular formula is C18H28N2O4. The average Bonchev–Trinajstić information content (AvgIpc) is 2.59. The maximum absolute atomic E-state index is 12.8. The molecule has 1 N–H and O–H groups in total. The molecule has 1 aromatic heterocycles. The van der Waals surface area contributed by atoms with Gasteiger partial charge in [-0.2, -0.15) is 0 Å². The lowest BCUT2D eigenvalue weighted by Crippen LogP contribution is -2.48. The van der Waals surface area contributed by atoms with Crippen LogP contribution in [0.5, 0.6) is 5.88 Å². The molecule has 0 atom stereocenters. The van der Waals surface area contributed by atoms with Gasteiger partial charge in [0.2, 0.25) is 5.88 Å². The van der Waals surface area contributed by atoms with E-state index in [9.17, 15) is 4.79 Å². The number of rotatable bonds is 8. The van der Waals surface area contributed by atoms with Gasteiger partial charge in [-0.15, -0.1) is 0 Å². The Balaban J connectivity index is 1.96. The molecule has 0 radical (unpaired) electrons. The lowest BCUT2D eigenvalue weighted by Gasteiger charge is -2.37. The van der Waals surface area contributed by atoms with Crippen LogP contribution in [-0.2, 0) is 14.3 Å². The fourth-order valence-corrected chi connectivity index (χ4v) is 2.96. The molecule has 0 unspecified atom stereocenters. The fourth-order valence-electron chi connectivity index (χ4n) is 2.96. The minimum atomic E-state index is -0.713. The fraction of sp³-hybridized carbons (Fsp3) is 0.667. The number of nitrogens with zero attached hydrogens (tertiary/aromatic N) is 1. The first-order chi connectivity index (χ1) is 11.6. The van der Waals surface area contributed by atoms with E-state index in [4.69, 9.17) is 14.2 Å². The number of aromatic nitrogens is 1. The molecule has 6 heteroatoms. The lowest BCUT2D eigenvalue weighted by atomic mass is 9.78. The van der Waals surface area contributed by atoms with E-state index < -0.39 is 5.60 Å². The first-order valence-corrected chi connectivity index (χ1v) is 8.63. The molecule has 0 aliphatic heterocycles. The number of hydrogen-bond acceptors (Lipinski definition) is 5. The summed E-state index contributed by atoms with van der Waals surface area (Å²) in [4.78, 5) is 17.0. The van der Waals surface area contributed by atoms with Gasteiger partial charge < -0.3 is 19.5 Å². The first kappa shape index (κ1) is 18.7. The van der Waals surface area contributed by atoms with Gasteiger partial charge in [0, 0.05) is 19.8 Å². The summed E-state index contributed by atoms with van der Waals surface area (Å²) in [5.41, 5.74) is -0.0636. The van der Waals surface area contributed by atoms with Crippen molar-refractivity contribution in [2.75, 3.05) is 32.2 Å². The molecule has 1 amide bonds. The number of ether oxygens (including phenoxy) is 3. The lowest BCUT2D eigenvalue weighted by molar-refractivity contribution is -0.146. The maximum atomic E-state index is 12.8. The molecule has 134 valence electrons. The van der Waals surface area contributed by atoms with Crippen LogP contribution in [0.25, 0.3) is 0 Å². The van der Waals surface area contributed by atoms with E-state index in [1.165, 1.54) is 0 Å². The van der Waals surface area contributed by atoms with Crippen molar-refractivity contribution in [3.63, 3.8) is 0 Å².